The summed E-state index contributed by atoms with van der Waals surface area (Å²) < 4.78 is 5.61. The van der Waals surface area contributed by atoms with E-state index in [2.05, 4.69) is 27.4 Å². The quantitative estimate of drug-likeness (QED) is 0.0983. The van der Waals surface area contributed by atoms with Crippen LogP contribution in [0.1, 0.15) is 40.0 Å². The average molecular weight is 619 g/mol. The molecule has 3 N–H and O–H groups in total. The molecule has 242 valence electrons. The molecule has 0 aromatic heterocycles. The second kappa shape index (κ2) is 18.6. The van der Waals surface area contributed by atoms with Gasteiger partial charge in [-0.3, -0.25) is 4.79 Å². The van der Waals surface area contributed by atoms with Crippen molar-refractivity contribution < 1.29 is 24.9 Å². The molecule has 3 rings (SSSR count). The Morgan fingerprint density at radius 2 is 1.00 bits per heavy atom. The van der Waals surface area contributed by atoms with Crippen molar-refractivity contribution in [2.45, 2.75) is 40.0 Å². The molecule has 45 heavy (non-hydrogen) atoms. The SMILES string of the molecule is CCCC(C)(CC)C(=O)OCCN(CCO)c1ccc(N=Nc2ccc(N=Nc3ccc(N(CCO)CCO)cc3)cc2)cc1. The molecule has 0 radical (unpaired) electrons. The summed E-state index contributed by atoms with van der Waals surface area (Å²) in [5.41, 5.74) is 4.02. The highest BCUT2D eigenvalue weighted by atomic mass is 16.5. The average Bonchev–Trinajstić information content (AvgIpc) is 3.07. The second-order valence-electron chi connectivity index (χ2n) is 10.9. The van der Waals surface area contributed by atoms with Crippen molar-refractivity contribution in [2.24, 2.45) is 25.9 Å². The number of aliphatic hydroxyl groups is 3. The van der Waals surface area contributed by atoms with Crippen LogP contribution < -0.4 is 9.80 Å². The molecule has 11 nitrogen and oxygen atoms in total. The van der Waals surface area contributed by atoms with E-state index in [-0.39, 0.29) is 32.4 Å². The third-order valence-corrected chi connectivity index (χ3v) is 7.62. The van der Waals surface area contributed by atoms with Gasteiger partial charge in [-0.2, -0.15) is 20.5 Å². The minimum Gasteiger partial charge on any atom is -0.463 e. The molecule has 0 aliphatic rings. The van der Waals surface area contributed by atoms with E-state index in [1.807, 2.05) is 96.4 Å². The first kappa shape index (κ1) is 35.3. The number of hydrogen-bond donors (Lipinski definition) is 3. The highest BCUT2D eigenvalue weighted by Crippen LogP contribution is 2.29. The van der Waals surface area contributed by atoms with Crippen LogP contribution in [0, 0.1) is 5.41 Å². The predicted octanol–water partition coefficient (Wildman–Crippen LogP) is 6.87. The normalized spacial score (nSPS) is 12.8. The molecule has 0 aliphatic carbocycles. The van der Waals surface area contributed by atoms with Crippen LogP contribution >= 0.6 is 0 Å². The number of azo groups is 2. The monoisotopic (exact) mass is 618 g/mol. The summed E-state index contributed by atoms with van der Waals surface area (Å²) in [4.78, 5) is 16.5. The lowest BCUT2D eigenvalue weighted by molar-refractivity contribution is -0.155. The molecular weight excluding hydrogens is 572 g/mol. The van der Waals surface area contributed by atoms with Gasteiger partial charge in [-0.15, -0.1) is 0 Å². The van der Waals surface area contributed by atoms with E-state index in [0.29, 0.717) is 48.9 Å². The topological polar surface area (TPSA) is 143 Å². The molecule has 0 spiro atoms. The van der Waals surface area contributed by atoms with E-state index in [1.165, 1.54) is 0 Å². The maximum atomic E-state index is 12.6. The fourth-order valence-electron chi connectivity index (χ4n) is 4.78. The molecule has 1 atom stereocenters. The molecule has 3 aromatic carbocycles. The summed E-state index contributed by atoms with van der Waals surface area (Å²) in [6.07, 6.45) is 2.46. The fraction of sp³-hybridized carbons (Fsp3) is 0.441. The number of benzene rings is 3. The molecule has 0 heterocycles. The number of hydrogen-bond acceptors (Lipinski definition) is 11. The zero-order valence-electron chi connectivity index (χ0n) is 26.5. The van der Waals surface area contributed by atoms with E-state index in [4.69, 9.17) is 4.74 Å². The third kappa shape index (κ3) is 11.0. The molecule has 0 saturated heterocycles. The van der Waals surface area contributed by atoms with Gasteiger partial charge in [-0.25, -0.2) is 0 Å². The Hall–Kier alpha value is -4.19. The molecule has 0 fully saturated rings. The summed E-state index contributed by atoms with van der Waals surface area (Å²) in [6.45, 7) is 8.05. The number of ether oxygens (including phenoxy) is 1. The standard InChI is InChI=1S/C34H46N6O5/c1-4-18-34(3,5-2)33(44)45-26-22-40(21-25-43)32-16-12-30(13-17-32)38-36-28-8-6-27(7-9-28)35-37-29-10-14-31(15-11-29)39(19-23-41)20-24-42/h6-17,41-43H,4-5,18-26H2,1-3H3. The third-order valence-electron chi connectivity index (χ3n) is 7.62. The Labute approximate surface area is 265 Å². The lowest BCUT2D eigenvalue weighted by Gasteiger charge is -2.27. The Morgan fingerprint density at radius 3 is 1.33 bits per heavy atom. The second-order valence-corrected chi connectivity index (χ2v) is 10.9. The van der Waals surface area contributed by atoms with Crippen molar-refractivity contribution in [3.8, 4) is 0 Å². The predicted molar refractivity (Wildman–Crippen MR) is 178 cm³/mol. The Morgan fingerprint density at radius 1 is 0.644 bits per heavy atom. The van der Waals surface area contributed by atoms with Crippen LogP contribution in [0.15, 0.2) is 93.3 Å². The number of anilines is 2. The van der Waals surface area contributed by atoms with Crippen molar-refractivity contribution in [3.63, 3.8) is 0 Å². The fourth-order valence-corrected chi connectivity index (χ4v) is 4.78. The van der Waals surface area contributed by atoms with Gasteiger partial charge in [0.15, 0.2) is 0 Å². The number of rotatable bonds is 19. The van der Waals surface area contributed by atoms with Gasteiger partial charge in [0.25, 0.3) is 0 Å². The van der Waals surface area contributed by atoms with Gasteiger partial charge in [-0.1, -0.05) is 20.3 Å². The van der Waals surface area contributed by atoms with E-state index in [1.54, 1.807) is 0 Å². The molecule has 11 heteroatoms. The van der Waals surface area contributed by atoms with Crippen LogP contribution in [-0.2, 0) is 9.53 Å². The van der Waals surface area contributed by atoms with Crippen molar-refractivity contribution >= 4 is 40.1 Å². The highest BCUT2D eigenvalue weighted by Gasteiger charge is 2.31. The van der Waals surface area contributed by atoms with E-state index in [9.17, 15) is 20.1 Å². The zero-order chi connectivity index (χ0) is 32.5. The Bertz CT molecular complexity index is 1340. The smallest absolute Gasteiger partial charge is 0.311 e. The van der Waals surface area contributed by atoms with Crippen molar-refractivity contribution in [2.75, 3.05) is 62.4 Å². The summed E-state index contributed by atoms with van der Waals surface area (Å²) in [5.74, 6) is -0.171. The minimum atomic E-state index is -0.465. The van der Waals surface area contributed by atoms with Crippen molar-refractivity contribution in [3.05, 3.63) is 72.8 Å². The minimum absolute atomic E-state index is 0.00676. The lowest BCUT2D eigenvalue weighted by Crippen LogP contribution is -2.34. The first-order valence-corrected chi connectivity index (χ1v) is 15.5. The van der Waals surface area contributed by atoms with Crippen LogP contribution in [0.4, 0.5) is 34.1 Å². The van der Waals surface area contributed by atoms with Crippen molar-refractivity contribution in [1.82, 2.24) is 0 Å². The van der Waals surface area contributed by atoms with Gasteiger partial charge in [0.1, 0.15) is 6.61 Å². The summed E-state index contributed by atoms with van der Waals surface area (Å²) >= 11 is 0. The molecule has 0 saturated carbocycles. The number of esters is 1. The molecule has 3 aromatic rings. The van der Waals surface area contributed by atoms with Gasteiger partial charge in [0, 0.05) is 31.0 Å². The first-order chi connectivity index (χ1) is 21.8. The van der Waals surface area contributed by atoms with Gasteiger partial charge >= 0.3 is 5.97 Å². The molecule has 1 unspecified atom stereocenters. The number of nitrogens with zero attached hydrogens (tertiary/aromatic N) is 6. The number of carbonyl (C=O) groups is 1. The van der Waals surface area contributed by atoms with Crippen LogP contribution in [0.5, 0.6) is 0 Å². The first-order valence-electron chi connectivity index (χ1n) is 15.5. The van der Waals surface area contributed by atoms with Crippen molar-refractivity contribution in [1.29, 1.82) is 0 Å². The maximum Gasteiger partial charge on any atom is 0.311 e. The molecule has 0 aliphatic heterocycles. The van der Waals surface area contributed by atoms with Crippen LogP contribution in [0.3, 0.4) is 0 Å². The zero-order valence-corrected chi connectivity index (χ0v) is 26.5. The largest absolute Gasteiger partial charge is 0.463 e. The number of carbonyl (C=O) groups excluding carboxylic acids is 1. The maximum absolute atomic E-state index is 12.6. The number of aliphatic hydroxyl groups excluding tert-OH is 3. The van der Waals surface area contributed by atoms with Gasteiger partial charge in [-0.05, 0) is 92.6 Å². The highest BCUT2D eigenvalue weighted by molar-refractivity contribution is 5.76. The summed E-state index contributed by atoms with van der Waals surface area (Å²) in [7, 11) is 0. The van der Waals surface area contributed by atoms with E-state index >= 15 is 0 Å². The Kier molecular flexibility index (Phi) is 14.6. The van der Waals surface area contributed by atoms with E-state index < -0.39 is 5.41 Å². The molecule has 0 bridgehead atoms. The van der Waals surface area contributed by atoms with Crippen LogP contribution in [0.25, 0.3) is 0 Å². The summed E-state index contributed by atoms with van der Waals surface area (Å²) in [6, 6.07) is 22.2. The molecular formula is C34H46N6O5. The molecule has 0 amide bonds. The van der Waals surface area contributed by atoms with Gasteiger partial charge in [0.05, 0.1) is 54.5 Å². The van der Waals surface area contributed by atoms with Crippen LogP contribution in [-0.4, -0.2) is 73.9 Å². The van der Waals surface area contributed by atoms with Gasteiger partial charge in [0.2, 0.25) is 0 Å². The Balaban J connectivity index is 1.54. The van der Waals surface area contributed by atoms with E-state index in [0.717, 1.165) is 30.6 Å². The van der Waals surface area contributed by atoms with Gasteiger partial charge < -0.3 is 29.9 Å². The summed E-state index contributed by atoms with van der Waals surface area (Å²) in [5, 5.41) is 45.3. The van der Waals surface area contributed by atoms with Crippen LogP contribution in [0.2, 0.25) is 0 Å². The lowest BCUT2D eigenvalue weighted by atomic mass is 9.83.